The second-order valence-corrected chi connectivity index (χ2v) is 4.42. The number of nitro groups is 1. The van der Waals surface area contributed by atoms with Gasteiger partial charge in [-0.1, -0.05) is 0 Å². The van der Waals surface area contributed by atoms with Crippen molar-refractivity contribution >= 4 is 5.82 Å². The van der Waals surface area contributed by atoms with Crippen molar-refractivity contribution in [2.75, 3.05) is 6.61 Å². The number of hydrogen-bond donors (Lipinski definition) is 4. The Kier molecular flexibility index (Phi) is 4.26. The molecule has 0 saturated carbocycles. The molecule has 9 heteroatoms. The summed E-state index contributed by atoms with van der Waals surface area (Å²) in [5, 5.41) is 49.2. The lowest BCUT2D eigenvalue weighted by atomic mass is 9.91. The number of ether oxygens (including phenoxy) is 1. The standard InChI is InChI=1S/C11H14N2O7/c14-4-6-7(15)8(16)9(17)10(20-6)5-2-1-3-12-11(5)13(18)19/h1-3,6-10,14-17H,4H2/t6-,7-,8+,9-,10+/m1/s1. The third-order valence-corrected chi connectivity index (χ3v) is 3.19. The number of aromatic nitrogens is 1. The maximum absolute atomic E-state index is 10.9. The van der Waals surface area contributed by atoms with Crippen LogP contribution in [0.4, 0.5) is 5.82 Å². The SMILES string of the molecule is O=[N+]([O-])c1ncccc1[C@@H]1O[C@H](CO)[C@@H](O)[C@H](O)[C@H]1O. The molecule has 20 heavy (non-hydrogen) atoms. The number of pyridine rings is 1. The average molecular weight is 286 g/mol. The number of hydrogen-bond acceptors (Lipinski definition) is 8. The summed E-state index contributed by atoms with van der Waals surface area (Å²) >= 11 is 0. The van der Waals surface area contributed by atoms with E-state index in [0.29, 0.717) is 0 Å². The first-order valence-electron chi connectivity index (χ1n) is 5.87. The number of nitrogens with zero attached hydrogens (tertiary/aromatic N) is 2. The molecule has 5 atom stereocenters. The Labute approximate surface area is 113 Å². The minimum atomic E-state index is -1.59. The van der Waals surface area contributed by atoms with E-state index in [1.807, 2.05) is 0 Å². The fourth-order valence-electron chi connectivity index (χ4n) is 2.14. The monoisotopic (exact) mass is 286 g/mol. The number of aliphatic hydroxyl groups excluding tert-OH is 4. The first-order valence-corrected chi connectivity index (χ1v) is 5.87. The van der Waals surface area contributed by atoms with Crippen LogP contribution in [0.5, 0.6) is 0 Å². The Bertz CT molecular complexity index is 495. The van der Waals surface area contributed by atoms with Gasteiger partial charge in [-0.15, -0.1) is 0 Å². The van der Waals surface area contributed by atoms with Crippen molar-refractivity contribution in [1.29, 1.82) is 0 Å². The molecular formula is C11H14N2O7. The molecule has 110 valence electrons. The Morgan fingerprint density at radius 2 is 2.00 bits per heavy atom. The lowest BCUT2D eigenvalue weighted by molar-refractivity contribution is -0.391. The van der Waals surface area contributed by atoms with E-state index >= 15 is 0 Å². The first kappa shape index (κ1) is 14.8. The second kappa shape index (κ2) is 5.77. The van der Waals surface area contributed by atoms with E-state index in [9.17, 15) is 25.4 Å². The zero-order valence-electron chi connectivity index (χ0n) is 10.2. The van der Waals surface area contributed by atoms with Crippen LogP contribution in [0, 0.1) is 10.1 Å². The summed E-state index contributed by atoms with van der Waals surface area (Å²) in [7, 11) is 0. The van der Waals surface area contributed by atoms with Crippen LogP contribution in [0.3, 0.4) is 0 Å². The zero-order chi connectivity index (χ0) is 14.9. The molecule has 0 aliphatic carbocycles. The molecule has 1 saturated heterocycles. The van der Waals surface area contributed by atoms with E-state index in [0.717, 1.165) is 0 Å². The normalized spacial score (nSPS) is 33.9. The van der Waals surface area contributed by atoms with Crippen LogP contribution in [0.25, 0.3) is 0 Å². The third-order valence-electron chi connectivity index (χ3n) is 3.19. The Hall–Kier alpha value is -1.65. The molecule has 0 bridgehead atoms. The van der Waals surface area contributed by atoms with E-state index in [4.69, 9.17) is 9.84 Å². The summed E-state index contributed by atoms with van der Waals surface area (Å²) in [4.78, 5) is 13.8. The Morgan fingerprint density at radius 3 is 2.60 bits per heavy atom. The highest BCUT2D eigenvalue weighted by molar-refractivity contribution is 5.35. The number of rotatable bonds is 3. The van der Waals surface area contributed by atoms with Gasteiger partial charge in [0.25, 0.3) is 0 Å². The van der Waals surface area contributed by atoms with Crippen LogP contribution >= 0.6 is 0 Å². The van der Waals surface area contributed by atoms with Crippen LogP contribution in [-0.2, 0) is 4.74 Å². The Balaban J connectivity index is 2.39. The first-order chi connectivity index (χ1) is 9.47. The molecule has 0 amide bonds. The van der Waals surface area contributed by atoms with Crippen LogP contribution in [0.1, 0.15) is 11.7 Å². The molecule has 1 aliphatic heterocycles. The van der Waals surface area contributed by atoms with Crippen molar-refractivity contribution in [3.8, 4) is 0 Å². The fourth-order valence-corrected chi connectivity index (χ4v) is 2.14. The molecule has 1 fully saturated rings. The highest BCUT2D eigenvalue weighted by Gasteiger charge is 2.45. The van der Waals surface area contributed by atoms with Gasteiger partial charge in [-0.05, 0) is 22.0 Å². The van der Waals surface area contributed by atoms with Crippen molar-refractivity contribution < 1.29 is 30.1 Å². The molecule has 0 unspecified atom stereocenters. The van der Waals surface area contributed by atoms with Crippen LogP contribution < -0.4 is 0 Å². The molecule has 1 aromatic heterocycles. The lowest BCUT2D eigenvalue weighted by Crippen LogP contribution is -2.55. The van der Waals surface area contributed by atoms with Crippen molar-refractivity contribution in [3.63, 3.8) is 0 Å². The number of aliphatic hydroxyl groups is 4. The minimum Gasteiger partial charge on any atom is -0.394 e. The van der Waals surface area contributed by atoms with Gasteiger partial charge >= 0.3 is 5.82 Å². The molecular weight excluding hydrogens is 272 g/mol. The van der Waals surface area contributed by atoms with Crippen molar-refractivity contribution in [1.82, 2.24) is 4.98 Å². The molecule has 1 aromatic rings. The quantitative estimate of drug-likeness (QED) is 0.388. The lowest BCUT2D eigenvalue weighted by Gasteiger charge is -2.39. The third kappa shape index (κ3) is 2.49. The molecule has 2 heterocycles. The topological polar surface area (TPSA) is 146 Å². The van der Waals surface area contributed by atoms with Gasteiger partial charge in [-0.3, -0.25) is 0 Å². The maximum Gasteiger partial charge on any atom is 0.369 e. The van der Waals surface area contributed by atoms with Crippen LogP contribution in [0.15, 0.2) is 18.3 Å². The van der Waals surface area contributed by atoms with Crippen LogP contribution in [0.2, 0.25) is 0 Å². The smallest absolute Gasteiger partial charge is 0.369 e. The van der Waals surface area contributed by atoms with E-state index in [2.05, 4.69) is 4.98 Å². The van der Waals surface area contributed by atoms with Gasteiger partial charge in [0.2, 0.25) is 0 Å². The summed E-state index contributed by atoms with van der Waals surface area (Å²) in [6.07, 6.45) is -5.85. The van der Waals surface area contributed by atoms with Gasteiger partial charge in [0.05, 0.1) is 12.2 Å². The van der Waals surface area contributed by atoms with E-state index < -0.39 is 47.9 Å². The average Bonchev–Trinajstić information content (AvgIpc) is 2.45. The van der Waals surface area contributed by atoms with Crippen LogP contribution in [-0.4, -0.2) is 61.4 Å². The minimum absolute atomic E-state index is 0.0330. The largest absolute Gasteiger partial charge is 0.394 e. The summed E-state index contributed by atoms with van der Waals surface area (Å²) in [5.74, 6) is -0.517. The molecule has 9 nitrogen and oxygen atoms in total. The van der Waals surface area contributed by atoms with Gasteiger partial charge in [-0.25, -0.2) is 0 Å². The Morgan fingerprint density at radius 1 is 1.30 bits per heavy atom. The maximum atomic E-state index is 10.9. The molecule has 0 aromatic carbocycles. The highest BCUT2D eigenvalue weighted by Crippen LogP contribution is 2.35. The molecule has 4 N–H and O–H groups in total. The second-order valence-electron chi connectivity index (χ2n) is 4.42. The highest BCUT2D eigenvalue weighted by atomic mass is 16.6. The van der Waals surface area contributed by atoms with Crippen molar-refractivity contribution in [2.24, 2.45) is 0 Å². The fraction of sp³-hybridized carbons (Fsp3) is 0.545. The van der Waals surface area contributed by atoms with Gasteiger partial charge in [0.15, 0.2) is 0 Å². The molecule has 1 aliphatic rings. The van der Waals surface area contributed by atoms with E-state index in [1.54, 1.807) is 0 Å². The summed E-state index contributed by atoms with van der Waals surface area (Å²) < 4.78 is 5.25. The van der Waals surface area contributed by atoms with Gasteiger partial charge in [0.1, 0.15) is 36.7 Å². The molecule has 0 spiro atoms. The summed E-state index contributed by atoms with van der Waals surface area (Å²) in [5.41, 5.74) is -0.0330. The van der Waals surface area contributed by atoms with E-state index in [1.165, 1.54) is 18.3 Å². The van der Waals surface area contributed by atoms with Crippen molar-refractivity contribution in [2.45, 2.75) is 30.5 Å². The predicted molar refractivity (Wildman–Crippen MR) is 63.6 cm³/mol. The molecule has 0 radical (unpaired) electrons. The van der Waals surface area contributed by atoms with E-state index in [-0.39, 0.29) is 5.56 Å². The van der Waals surface area contributed by atoms with Gasteiger partial charge in [-0.2, -0.15) is 0 Å². The zero-order valence-corrected chi connectivity index (χ0v) is 10.2. The summed E-state index contributed by atoms with van der Waals surface area (Å²) in [6, 6.07) is 2.75. The predicted octanol–water partition coefficient (Wildman–Crippen LogP) is -1.50. The van der Waals surface area contributed by atoms with Gasteiger partial charge in [0, 0.05) is 0 Å². The summed E-state index contributed by atoms with van der Waals surface area (Å²) in [6.45, 7) is -0.602. The van der Waals surface area contributed by atoms with Crippen molar-refractivity contribution in [3.05, 3.63) is 34.0 Å². The molecule has 2 rings (SSSR count). The van der Waals surface area contributed by atoms with Gasteiger partial charge < -0.3 is 35.3 Å².